The molecule has 1 N–H and O–H groups in total. The lowest BCUT2D eigenvalue weighted by atomic mass is 9.98. The number of ether oxygens (including phenoxy) is 1. The van der Waals surface area contributed by atoms with Crippen LogP contribution in [-0.2, 0) is 19.4 Å². The minimum atomic E-state index is -3.04. The third kappa shape index (κ3) is 5.82. The monoisotopic (exact) mass is 279 g/mol. The summed E-state index contributed by atoms with van der Waals surface area (Å²) < 4.78 is 27.8. The zero-order chi connectivity index (χ0) is 14.3. The number of carbonyl (C=O) groups excluding carboxylic acids is 1. The molecule has 3 unspecified atom stereocenters. The summed E-state index contributed by atoms with van der Waals surface area (Å²) in [5, 5.41) is 3.06. The summed E-state index contributed by atoms with van der Waals surface area (Å²) in [4.78, 5) is 11.6. The molecule has 0 aliphatic heterocycles. The molecule has 5 nitrogen and oxygen atoms in total. The molecular weight excluding hydrogens is 254 g/mol. The van der Waals surface area contributed by atoms with Crippen molar-refractivity contribution in [1.82, 2.24) is 5.32 Å². The fourth-order valence-corrected chi connectivity index (χ4v) is 2.77. The second kappa shape index (κ2) is 7.74. The van der Waals surface area contributed by atoms with Crippen molar-refractivity contribution in [2.24, 2.45) is 5.92 Å². The van der Waals surface area contributed by atoms with E-state index in [0.29, 0.717) is 0 Å². The Balaban J connectivity index is 4.64. The lowest BCUT2D eigenvalue weighted by Crippen LogP contribution is -2.48. The van der Waals surface area contributed by atoms with Gasteiger partial charge in [0, 0.05) is 11.8 Å². The van der Waals surface area contributed by atoms with Gasteiger partial charge in [-0.05, 0) is 12.8 Å². The molecule has 0 saturated heterocycles. The van der Waals surface area contributed by atoms with E-state index in [2.05, 4.69) is 5.32 Å². The molecule has 0 aliphatic carbocycles. The minimum Gasteiger partial charge on any atom is -0.468 e. The fourth-order valence-electron chi connectivity index (χ4n) is 1.68. The lowest BCUT2D eigenvalue weighted by Gasteiger charge is -2.25. The molecule has 0 amide bonds. The van der Waals surface area contributed by atoms with Gasteiger partial charge in [-0.2, -0.15) is 0 Å². The van der Waals surface area contributed by atoms with Gasteiger partial charge in [-0.3, -0.25) is 4.79 Å². The number of rotatable bonds is 8. The predicted octanol–water partition coefficient (Wildman–Crippen LogP) is 0.987. The van der Waals surface area contributed by atoms with Gasteiger partial charge < -0.3 is 10.1 Å². The minimum absolute atomic E-state index is 0.0351. The molecule has 0 aromatic carbocycles. The van der Waals surface area contributed by atoms with Crippen LogP contribution in [0.4, 0.5) is 0 Å². The number of esters is 1. The van der Waals surface area contributed by atoms with Gasteiger partial charge in [0.15, 0.2) is 9.84 Å². The Labute approximate surface area is 110 Å². The van der Waals surface area contributed by atoms with Crippen LogP contribution in [0.5, 0.6) is 0 Å². The molecule has 3 atom stereocenters. The maximum absolute atomic E-state index is 11.6. The van der Waals surface area contributed by atoms with Crippen molar-refractivity contribution in [1.29, 1.82) is 0 Å². The standard InChI is InChI=1S/C12H25NO4S/c1-6-9(3)11(12(14)17-5)13-10(4)8-18(15,16)7-2/h9-11,13H,6-8H2,1-5H3. The Kier molecular flexibility index (Phi) is 7.47. The summed E-state index contributed by atoms with van der Waals surface area (Å²) in [5.41, 5.74) is 0. The Bertz CT molecular complexity index is 353. The first kappa shape index (κ1) is 17.4. The summed E-state index contributed by atoms with van der Waals surface area (Å²) in [6.07, 6.45) is 0.819. The van der Waals surface area contributed by atoms with E-state index in [9.17, 15) is 13.2 Å². The topological polar surface area (TPSA) is 72.5 Å². The first-order chi connectivity index (χ1) is 8.27. The molecule has 0 heterocycles. The Hall–Kier alpha value is -0.620. The number of carbonyl (C=O) groups is 1. The SMILES string of the molecule is CCC(C)C(NC(C)CS(=O)(=O)CC)C(=O)OC. The lowest BCUT2D eigenvalue weighted by molar-refractivity contribution is -0.144. The predicted molar refractivity (Wildman–Crippen MR) is 72.2 cm³/mol. The second-order valence-electron chi connectivity index (χ2n) is 4.65. The summed E-state index contributed by atoms with van der Waals surface area (Å²) in [6.45, 7) is 7.31. The number of hydrogen-bond acceptors (Lipinski definition) is 5. The Morgan fingerprint density at radius 3 is 2.22 bits per heavy atom. The van der Waals surface area contributed by atoms with Gasteiger partial charge in [-0.1, -0.05) is 27.2 Å². The van der Waals surface area contributed by atoms with Crippen LogP contribution in [0, 0.1) is 5.92 Å². The molecule has 0 aromatic heterocycles. The highest BCUT2D eigenvalue weighted by Gasteiger charge is 2.27. The van der Waals surface area contributed by atoms with E-state index < -0.39 is 15.9 Å². The van der Waals surface area contributed by atoms with Crippen molar-refractivity contribution >= 4 is 15.8 Å². The van der Waals surface area contributed by atoms with Gasteiger partial charge in [-0.15, -0.1) is 0 Å². The van der Waals surface area contributed by atoms with Crippen LogP contribution >= 0.6 is 0 Å². The number of methoxy groups -OCH3 is 1. The average Bonchev–Trinajstić information content (AvgIpc) is 2.33. The average molecular weight is 279 g/mol. The molecule has 0 spiro atoms. The first-order valence-corrected chi connectivity index (χ1v) is 8.13. The zero-order valence-electron chi connectivity index (χ0n) is 11.9. The molecule has 108 valence electrons. The van der Waals surface area contributed by atoms with E-state index in [1.807, 2.05) is 13.8 Å². The van der Waals surface area contributed by atoms with E-state index in [-0.39, 0.29) is 29.4 Å². The Morgan fingerprint density at radius 2 is 1.83 bits per heavy atom. The van der Waals surface area contributed by atoms with Crippen LogP contribution in [0.25, 0.3) is 0 Å². The molecule has 18 heavy (non-hydrogen) atoms. The number of nitrogens with one attached hydrogen (secondary N) is 1. The van der Waals surface area contributed by atoms with E-state index >= 15 is 0 Å². The van der Waals surface area contributed by atoms with Crippen LogP contribution in [0.3, 0.4) is 0 Å². The molecule has 0 radical (unpaired) electrons. The van der Waals surface area contributed by atoms with Gasteiger partial charge in [0.05, 0.1) is 12.9 Å². The zero-order valence-corrected chi connectivity index (χ0v) is 12.7. The number of hydrogen-bond donors (Lipinski definition) is 1. The molecule has 6 heteroatoms. The molecule has 0 rings (SSSR count). The summed E-state index contributed by atoms with van der Waals surface area (Å²) in [5.74, 6) is -0.0899. The van der Waals surface area contributed by atoms with E-state index in [1.54, 1.807) is 13.8 Å². The van der Waals surface area contributed by atoms with Crippen LogP contribution in [0.1, 0.15) is 34.1 Å². The quantitative estimate of drug-likeness (QED) is 0.671. The van der Waals surface area contributed by atoms with Crippen LogP contribution in [0.2, 0.25) is 0 Å². The maximum atomic E-state index is 11.6. The van der Waals surface area contributed by atoms with Crippen LogP contribution in [0.15, 0.2) is 0 Å². The molecular formula is C12H25NO4S. The summed E-state index contributed by atoms with van der Waals surface area (Å²) in [7, 11) is -1.70. The van der Waals surface area contributed by atoms with Crippen molar-refractivity contribution in [2.75, 3.05) is 18.6 Å². The molecule has 0 aromatic rings. The fraction of sp³-hybridized carbons (Fsp3) is 0.917. The van der Waals surface area contributed by atoms with Gasteiger partial charge in [0.2, 0.25) is 0 Å². The van der Waals surface area contributed by atoms with Gasteiger partial charge in [0.25, 0.3) is 0 Å². The molecule has 0 bridgehead atoms. The number of sulfone groups is 1. The summed E-state index contributed by atoms with van der Waals surface area (Å²) >= 11 is 0. The van der Waals surface area contributed by atoms with Gasteiger partial charge in [0.1, 0.15) is 6.04 Å². The van der Waals surface area contributed by atoms with Gasteiger partial charge >= 0.3 is 5.97 Å². The first-order valence-electron chi connectivity index (χ1n) is 6.31. The van der Waals surface area contributed by atoms with Crippen molar-refractivity contribution < 1.29 is 17.9 Å². The second-order valence-corrected chi connectivity index (χ2v) is 7.05. The van der Waals surface area contributed by atoms with E-state index in [4.69, 9.17) is 4.74 Å². The highest BCUT2D eigenvalue weighted by molar-refractivity contribution is 7.91. The van der Waals surface area contributed by atoms with Crippen molar-refractivity contribution in [3.63, 3.8) is 0 Å². The maximum Gasteiger partial charge on any atom is 0.323 e. The summed E-state index contributed by atoms with van der Waals surface area (Å²) in [6, 6.07) is -0.727. The molecule has 0 saturated carbocycles. The smallest absolute Gasteiger partial charge is 0.323 e. The highest BCUT2D eigenvalue weighted by Crippen LogP contribution is 2.10. The van der Waals surface area contributed by atoms with Crippen LogP contribution < -0.4 is 5.32 Å². The largest absolute Gasteiger partial charge is 0.468 e. The molecule has 0 aliphatic rings. The third-order valence-corrected chi connectivity index (χ3v) is 4.96. The van der Waals surface area contributed by atoms with Crippen molar-refractivity contribution in [3.05, 3.63) is 0 Å². The van der Waals surface area contributed by atoms with E-state index in [1.165, 1.54) is 7.11 Å². The van der Waals surface area contributed by atoms with Crippen molar-refractivity contribution in [2.45, 2.75) is 46.2 Å². The van der Waals surface area contributed by atoms with Crippen LogP contribution in [-0.4, -0.2) is 45.1 Å². The van der Waals surface area contributed by atoms with E-state index in [0.717, 1.165) is 6.42 Å². The normalized spacial score (nSPS) is 16.9. The highest BCUT2D eigenvalue weighted by atomic mass is 32.2. The Morgan fingerprint density at radius 1 is 1.28 bits per heavy atom. The molecule has 0 fully saturated rings. The van der Waals surface area contributed by atoms with Gasteiger partial charge in [-0.25, -0.2) is 8.42 Å². The van der Waals surface area contributed by atoms with Crippen molar-refractivity contribution in [3.8, 4) is 0 Å². The third-order valence-electron chi connectivity index (χ3n) is 3.08.